The zero-order valence-corrected chi connectivity index (χ0v) is 16.0. The van der Waals surface area contributed by atoms with Crippen molar-refractivity contribution >= 4 is 20.5 Å². The summed E-state index contributed by atoms with van der Waals surface area (Å²) >= 11 is 0. The molecule has 0 bridgehead atoms. The summed E-state index contributed by atoms with van der Waals surface area (Å²) in [5.41, 5.74) is 1.35. The van der Waals surface area contributed by atoms with Crippen molar-refractivity contribution in [2.75, 3.05) is 6.61 Å². The second-order valence-electron chi connectivity index (χ2n) is 6.69. The molecular weight excluding hydrogens is 392 g/mol. The quantitative estimate of drug-likeness (QED) is 0.531. The van der Waals surface area contributed by atoms with Gasteiger partial charge in [0.2, 0.25) is 0 Å². The predicted molar refractivity (Wildman–Crippen MR) is 105 cm³/mol. The maximum atomic E-state index is 12.9. The average molecular weight is 408 g/mol. The van der Waals surface area contributed by atoms with E-state index in [4.69, 9.17) is 9.52 Å². The Morgan fingerprint density at radius 3 is 2.93 bits per heavy atom. The van der Waals surface area contributed by atoms with Gasteiger partial charge in [-0.2, -0.15) is 10.2 Å². The highest BCUT2D eigenvalue weighted by molar-refractivity contribution is 7.92. The molecule has 1 aliphatic heterocycles. The molecule has 2 N–H and O–H groups in total. The molecule has 0 amide bonds. The average Bonchev–Trinajstić information content (AvgIpc) is 3.41. The molecule has 0 saturated carbocycles. The van der Waals surface area contributed by atoms with Gasteiger partial charge in [0.25, 0.3) is 5.56 Å². The van der Waals surface area contributed by atoms with Gasteiger partial charge in [0.15, 0.2) is 0 Å². The summed E-state index contributed by atoms with van der Waals surface area (Å²) in [6.07, 6.45) is 5.10. The van der Waals surface area contributed by atoms with Gasteiger partial charge in [-0.25, -0.2) is 13.7 Å². The predicted octanol–water partition coefficient (Wildman–Crippen LogP) is 1.96. The van der Waals surface area contributed by atoms with Crippen molar-refractivity contribution in [3.8, 4) is 5.75 Å². The molecule has 1 aliphatic rings. The fourth-order valence-electron chi connectivity index (χ4n) is 3.33. The van der Waals surface area contributed by atoms with Crippen LogP contribution in [0.25, 0.3) is 10.8 Å². The molecular formula is C19H16N6O3S. The van der Waals surface area contributed by atoms with Crippen molar-refractivity contribution < 1.29 is 8.95 Å². The molecule has 1 unspecified atom stereocenters. The highest BCUT2D eigenvalue weighted by atomic mass is 32.2. The number of pyridine rings is 1. The first kappa shape index (κ1) is 17.6. The summed E-state index contributed by atoms with van der Waals surface area (Å²) in [5, 5.41) is 11.5. The van der Waals surface area contributed by atoms with Gasteiger partial charge in [-0.05, 0) is 30.3 Å². The Bertz CT molecular complexity index is 1390. The topological polar surface area (TPSA) is 127 Å². The third-order valence-corrected chi connectivity index (χ3v) is 6.66. The number of aromatic nitrogens is 5. The minimum absolute atomic E-state index is 0.244. The van der Waals surface area contributed by atoms with Gasteiger partial charge >= 0.3 is 0 Å². The monoisotopic (exact) mass is 408 g/mol. The van der Waals surface area contributed by atoms with Crippen molar-refractivity contribution in [1.29, 1.82) is 4.78 Å². The number of aromatic amines is 1. The van der Waals surface area contributed by atoms with Gasteiger partial charge in [0.1, 0.15) is 15.5 Å². The molecule has 4 heterocycles. The Kier molecular flexibility index (Phi) is 3.95. The molecule has 0 fully saturated rings. The first-order valence-electron chi connectivity index (χ1n) is 8.91. The fraction of sp³-hybridized carbons (Fsp3) is 0.158. The number of H-pyrrole nitrogens is 1. The summed E-state index contributed by atoms with van der Waals surface area (Å²) in [4.78, 5) is 18.0. The number of hydrogen-bond acceptors (Lipinski definition) is 7. The van der Waals surface area contributed by atoms with Crippen molar-refractivity contribution in [3.63, 3.8) is 0 Å². The van der Waals surface area contributed by atoms with Crippen molar-refractivity contribution in [2.45, 2.75) is 22.8 Å². The number of rotatable bonds is 4. The minimum Gasteiger partial charge on any atom is -0.491 e. The Labute approximate surface area is 165 Å². The van der Waals surface area contributed by atoms with E-state index in [1.807, 2.05) is 12.1 Å². The summed E-state index contributed by atoms with van der Waals surface area (Å²) in [7, 11) is -3.22. The van der Waals surface area contributed by atoms with Crippen LogP contribution in [0, 0.1) is 4.78 Å². The second-order valence-corrected chi connectivity index (χ2v) is 8.75. The lowest BCUT2D eigenvalue weighted by molar-refractivity contribution is 0.356. The van der Waals surface area contributed by atoms with Crippen LogP contribution in [-0.4, -0.2) is 35.8 Å². The number of benzene rings is 1. The highest BCUT2D eigenvalue weighted by Crippen LogP contribution is 2.24. The number of ether oxygens (including phenoxy) is 1. The van der Waals surface area contributed by atoms with E-state index in [-0.39, 0.29) is 17.0 Å². The second kappa shape index (κ2) is 6.52. The molecule has 0 spiro atoms. The van der Waals surface area contributed by atoms with Crippen LogP contribution in [0.1, 0.15) is 11.4 Å². The molecule has 1 atom stereocenters. The first-order chi connectivity index (χ1) is 14.0. The molecule has 5 rings (SSSR count). The van der Waals surface area contributed by atoms with Gasteiger partial charge in [-0.1, -0.05) is 0 Å². The number of nitrogens with one attached hydrogen (secondary N) is 2. The van der Waals surface area contributed by atoms with Gasteiger partial charge in [-0.15, -0.1) is 0 Å². The molecule has 4 aromatic rings. The van der Waals surface area contributed by atoms with Crippen LogP contribution in [0.4, 0.5) is 0 Å². The van der Waals surface area contributed by atoms with Crippen molar-refractivity contribution in [2.24, 2.45) is 0 Å². The summed E-state index contributed by atoms with van der Waals surface area (Å²) in [6, 6.07) is 8.39. The van der Waals surface area contributed by atoms with E-state index in [1.165, 1.54) is 17.1 Å². The third kappa shape index (κ3) is 2.97. The minimum atomic E-state index is -3.22. The van der Waals surface area contributed by atoms with Crippen LogP contribution < -0.4 is 10.3 Å². The van der Waals surface area contributed by atoms with Crippen molar-refractivity contribution in [1.82, 2.24) is 25.0 Å². The molecule has 0 radical (unpaired) electrons. The largest absolute Gasteiger partial charge is 0.491 e. The van der Waals surface area contributed by atoms with Crippen LogP contribution in [0.5, 0.6) is 5.75 Å². The van der Waals surface area contributed by atoms with Gasteiger partial charge in [0, 0.05) is 18.0 Å². The van der Waals surface area contributed by atoms with E-state index < -0.39 is 9.73 Å². The molecule has 3 aromatic heterocycles. The van der Waals surface area contributed by atoms with Crippen LogP contribution >= 0.6 is 0 Å². The molecule has 10 heteroatoms. The van der Waals surface area contributed by atoms with Crippen LogP contribution in [0.15, 0.2) is 63.5 Å². The van der Waals surface area contributed by atoms with Gasteiger partial charge < -0.3 is 4.74 Å². The third-order valence-electron chi connectivity index (χ3n) is 4.86. The lowest BCUT2D eigenvalue weighted by Gasteiger charge is -2.09. The Morgan fingerprint density at radius 1 is 1.21 bits per heavy atom. The molecule has 146 valence electrons. The highest BCUT2D eigenvalue weighted by Gasteiger charge is 2.17. The van der Waals surface area contributed by atoms with E-state index in [0.29, 0.717) is 22.3 Å². The van der Waals surface area contributed by atoms with E-state index in [1.54, 1.807) is 24.4 Å². The van der Waals surface area contributed by atoms with Crippen LogP contribution in [0.3, 0.4) is 0 Å². The molecule has 9 nitrogen and oxygen atoms in total. The fourth-order valence-corrected chi connectivity index (χ4v) is 4.58. The first-order valence-corrected chi connectivity index (χ1v) is 10.5. The van der Waals surface area contributed by atoms with E-state index in [9.17, 15) is 9.00 Å². The number of fused-ring (bicyclic) bond motifs is 2. The van der Waals surface area contributed by atoms with E-state index >= 15 is 0 Å². The SMILES string of the molecule is N=S(=O)(c1cn[nH]c1)c1ccc2c(=O)n(Cc3ccc4c(n3)CCO4)ncc2c1. The molecule has 0 aliphatic carbocycles. The zero-order chi connectivity index (χ0) is 20.0. The normalized spacial score (nSPS) is 15.0. The summed E-state index contributed by atoms with van der Waals surface area (Å²) in [5.74, 6) is 0.789. The maximum absolute atomic E-state index is 12.9. The van der Waals surface area contributed by atoms with Crippen LogP contribution in [-0.2, 0) is 22.7 Å². The molecule has 0 saturated heterocycles. The van der Waals surface area contributed by atoms with Crippen molar-refractivity contribution in [3.05, 3.63) is 70.7 Å². The Hall–Kier alpha value is -3.53. The standard InChI is InChI=1S/C19H16N6O3S/c20-29(27,15-9-21-22-10-15)14-2-3-16-12(7-14)8-23-25(19(16)26)11-13-1-4-18-17(24-13)5-6-28-18/h1-4,7-10,20H,5-6,11H2,(H,21,22). The van der Waals surface area contributed by atoms with Gasteiger partial charge in [-0.3, -0.25) is 14.9 Å². The summed E-state index contributed by atoms with van der Waals surface area (Å²) in [6.45, 7) is 0.869. The number of nitrogens with zero attached hydrogens (tertiary/aromatic N) is 4. The lowest BCUT2D eigenvalue weighted by atomic mass is 10.2. The maximum Gasteiger partial charge on any atom is 0.274 e. The smallest absolute Gasteiger partial charge is 0.274 e. The Morgan fingerprint density at radius 2 is 2.10 bits per heavy atom. The van der Waals surface area contributed by atoms with E-state index in [0.717, 1.165) is 23.6 Å². The Balaban J connectivity index is 1.52. The zero-order valence-electron chi connectivity index (χ0n) is 15.2. The number of hydrogen-bond donors (Lipinski definition) is 2. The summed E-state index contributed by atoms with van der Waals surface area (Å²) < 4.78 is 27.9. The van der Waals surface area contributed by atoms with E-state index in [2.05, 4.69) is 20.3 Å². The van der Waals surface area contributed by atoms with Crippen LogP contribution in [0.2, 0.25) is 0 Å². The van der Waals surface area contributed by atoms with Gasteiger partial charge in [0.05, 0.1) is 52.1 Å². The molecule has 1 aromatic carbocycles. The lowest BCUT2D eigenvalue weighted by Crippen LogP contribution is -2.24. The molecule has 29 heavy (non-hydrogen) atoms.